The third-order valence-corrected chi connectivity index (χ3v) is 11.5. The Morgan fingerprint density at radius 2 is 1.07 bits per heavy atom. The van der Waals surface area contributed by atoms with Gasteiger partial charge in [0, 0.05) is 49.9 Å². The normalized spacial score (nSPS) is 12.1. The highest BCUT2D eigenvalue weighted by atomic mass is 32.2. The van der Waals surface area contributed by atoms with Gasteiger partial charge in [0.1, 0.15) is 16.9 Å². The van der Waals surface area contributed by atoms with Gasteiger partial charge in [-0.2, -0.15) is 21.6 Å². The summed E-state index contributed by atoms with van der Waals surface area (Å²) in [5.41, 5.74) is 5.28. The summed E-state index contributed by atoms with van der Waals surface area (Å²) in [5, 5.41) is 4.32. The molecule has 59 heavy (non-hydrogen) atoms. The second kappa shape index (κ2) is 14.0. The lowest BCUT2D eigenvalue weighted by atomic mass is 10.0. The van der Waals surface area contributed by atoms with E-state index in [9.17, 15) is 21.6 Å². The molecular formula is C49H31F3N2O4S. The quantitative estimate of drug-likeness (QED) is 0.113. The van der Waals surface area contributed by atoms with Crippen LogP contribution in [-0.4, -0.2) is 18.5 Å². The van der Waals surface area contributed by atoms with Crippen molar-refractivity contribution in [3.8, 4) is 33.7 Å². The van der Waals surface area contributed by atoms with Crippen molar-refractivity contribution in [1.29, 1.82) is 0 Å². The standard InChI is InChI=1S/C49H31F3N2O4S/c50-49(51,52)59(55,56)58-39-28-26-38(27-29-39)53(37-24-19-33(20-25-37)40-13-8-14-43-42-12-5-7-16-47(42)57-48(40)43)36-22-17-32(18-23-36)34-21-30-46-44(31-34)41-11-4-6-15-45(41)54(46)35-9-2-1-3-10-35/h1-31H. The zero-order valence-electron chi connectivity index (χ0n) is 31.0. The lowest BCUT2D eigenvalue weighted by molar-refractivity contribution is -0.0500. The number of hydrogen-bond donors (Lipinski definition) is 0. The Bertz CT molecular complexity index is 3290. The van der Waals surface area contributed by atoms with Gasteiger partial charge in [-0.15, -0.1) is 0 Å². The van der Waals surface area contributed by atoms with Crippen molar-refractivity contribution in [2.75, 3.05) is 4.90 Å². The van der Waals surface area contributed by atoms with Gasteiger partial charge in [0.2, 0.25) is 0 Å². The summed E-state index contributed by atoms with van der Waals surface area (Å²) in [7, 11) is -5.84. The number of aromatic nitrogens is 1. The van der Waals surface area contributed by atoms with Crippen LogP contribution in [0.4, 0.5) is 30.2 Å². The Balaban J connectivity index is 1.03. The van der Waals surface area contributed by atoms with Crippen molar-refractivity contribution in [2.24, 2.45) is 0 Å². The summed E-state index contributed by atoms with van der Waals surface area (Å²) in [6, 6.07) is 60.5. The Labute approximate surface area is 336 Å². The number of anilines is 3. The molecule has 0 aliphatic carbocycles. The minimum Gasteiger partial charge on any atom is -0.455 e. The first kappa shape index (κ1) is 36.1. The maximum absolute atomic E-state index is 13.1. The molecule has 0 spiro atoms. The van der Waals surface area contributed by atoms with Crippen molar-refractivity contribution >= 4 is 70.9 Å². The van der Waals surface area contributed by atoms with E-state index in [2.05, 4.69) is 51.2 Å². The van der Waals surface area contributed by atoms with E-state index in [1.807, 2.05) is 126 Å². The van der Waals surface area contributed by atoms with Crippen molar-refractivity contribution in [2.45, 2.75) is 5.51 Å². The van der Waals surface area contributed by atoms with E-state index in [1.165, 1.54) is 24.3 Å². The van der Waals surface area contributed by atoms with Gasteiger partial charge in [-0.25, -0.2) is 0 Å². The summed E-state index contributed by atoms with van der Waals surface area (Å²) >= 11 is 0. The Hall–Kier alpha value is -7.30. The molecule has 0 unspecified atom stereocenters. The molecule has 0 bridgehead atoms. The van der Waals surface area contributed by atoms with Gasteiger partial charge < -0.3 is 18.1 Å². The van der Waals surface area contributed by atoms with Crippen LogP contribution in [0.25, 0.3) is 71.7 Å². The molecule has 0 atom stereocenters. The smallest absolute Gasteiger partial charge is 0.455 e. The molecule has 6 nitrogen and oxygen atoms in total. The van der Waals surface area contributed by atoms with Crippen LogP contribution in [0, 0.1) is 0 Å². The van der Waals surface area contributed by atoms with E-state index in [0.29, 0.717) is 5.69 Å². The first-order chi connectivity index (χ1) is 28.6. The number of furan rings is 1. The Morgan fingerprint density at radius 3 is 1.76 bits per heavy atom. The summed E-state index contributed by atoms with van der Waals surface area (Å²) in [4.78, 5) is 1.94. The van der Waals surface area contributed by atoms with Gasteiger partial charge in [0.25, 0.3) is 0 Å². The van der Waals surface area contributed by atoms with Gasteiger partial charge in [0.05, 0.1) is 11.0 Å². The molecule has 0 amide bonds. The van der Waals surface area contributed by atoms with Gasteiger partial charge in [-0.1, -0.05) is 103 Å². The minimum absolute atomic E-state index is 0.459. The average Bonchev–Trinajstić information content (AvgIpc) is 3.80. The van der Waals surface area contributed by atoms with Crippen molar-refractivity contribution in [3.05, 3.63) is 188 Å². The van der Waals surface area contributed by atoms with Crippen LogP contribution in [0.5, 0.6) is 5.75 Å². The molecule has 8 aromatic carbocycles. The van der Waals surface area contributed by atoms with Crippen molar-refractivity contribution in [3.63, 3.8) is 0 Å². The molecule has 0 saturated heterocycles. The number of fused-ring (bicyclic) bond motifs is 6. The lowest BCUT2D eigenvalue weighted by Gasteiger charge is -2.26. The second-order valence-corrected chi connectivity index (χ2v) is 15.6. The minimum atomic E-state index is -5.84. The van der Waals surface area contributed by atoms with Crippen LogP contribution in [-0.2, 0) is 10.1 Å². The highest BCUT2D eigenvalue weighted by Crippen LogP contribution is 2.41. The molecule has 0 fully saturated rings. The zero-order chi connectivity index (χ0) is 40.3. The molecule has 288 valence electrons. The summed E-state index contributed by atoms with van der Waals surface area (Å²) in [5.74, 6) is -0.459. The third kappa shape index (κ3) is 6.34. The number of halogens is 3. The highest BCUT2D eigenvalue weighted by molar-refractivity contribution is 7.88. The second-order valence-electron chi connectivity index (χ2n) is 14.1. The number of alkyl halides is 3. The van der Waals surface area contributed by atoms with Crippen LogP contribution in [0.3, 0.4) is 0 Å². The molecule has 10 aromatic rings. The number of benzene rings is 8. The maximum Gasteiger partial charge on any atom is 0.534 e. The monoisotopic (exact) mass is 800 g/mol. The molecule has 0 radical (unpaired) electrons. The van der Waals surface area contributed by atoms with Crippen molar-refractivity contribution in [1.82, 2.24) is 4.57 Å². The van der Waals surface area contributed by atoms with Crippen LogP contribution in [0.2, 0.25) is 0 Å². The van der Waals surface area contributed by atoms with E-state index < -0.39 is 21.4 Å². The van der Waals surface area contributed by atoms with Gasteiger partial charge in [0.15, 0.2) is 0 Å². The molecule has 0 saturated carbocycles. The fraction of sp³-hybridized carbons (Fsp3) is 0.0204. The Morgan fingerprint density at radius 1 is 0.508 bits per heavy atom. The number of nitrogens with zero attached hydrogens (tertiary/aromatic N) is 2. The number of rotatable bonds is 8. The van der Waals surface area contributed by atoms with E-state index in [1.54, 1.807) is 0 Å². The molecule has 2 aromatic heterocycles. The predicted molar refractivity (Wildman–Crippen MR) is 229 cm³/mol. The molecule has 0 aliphatic rings. The number of hydrogen-bond acceptors (Lipinski definition) is 5. The summed E-state index contributed by atoms with van der Waals surface area (Å²) in [6.07, 6.45) is 0. The van der Waals surface area contributed by atoms with Crippen LogP contribution in [0.1, 0.15) is 0 Å². The summed E-state index contributed by atoms with van der Waals surface area (Å²) < 4.78 is 75.8. The highest BCUT2D eigenvalue weighted by Gasteiger charge is 2.48. The summed E-state index contributed by atoms with van der Waals surface area (Å²) in [6.45, 7) is 0. The van der Waals surface area contributed by atoms with E-state index >= 15 is 0 Å². The fourth-order valence-corrected chi connectivity index (χ4v) is 8.31. The molecular weight excluding hydrogens is 770 g/mol. The SMILES string of the molecule is O=S(=O)(Oc1ccc(N(c2ccc(-c3ccc4c(c3)c3ccccc3n4-c3ccccc3)cc2)c2ccc(-c3cccc4c3oc3ccccc34)cc2)cc1)C(F)(F)F. The van der Waals surface area contributed by atoms with Crippen LogP contribution >= 0.6 is 0 Å². The lowest BCUT2D eigenvalue weighted by Crippen LogP contribution is -2.28. The molecule has 0 N–H and O–H groups in total. The molecule has 0 aliphatic heterocycles. The zero-order valence-corrected chi connectivity index (χ0v) is 31.8. The van der Waals surface area contributed by atoms with Gasteiger partial charge in [-0.05, 0) is 102 Å². The molecule has 10 rings (SSSR count). The largest absolute Gasteiger partial charge is 0.534 e. The van der Waals surface area contributed by atoms with Crippen molar-refractivity contribution < 1.29 is 30.2 Å². The third-order valence-electron chi connectivity index (χ3n) is 10.6. The van der Waals surface area contributed by atoms with E-state index in [-0.39, 0.29) is 0 Å². The number of para-hydroxylation sites is 4. The Kier molecular flexibility index (Phi) is 8.54. The molecule has 10 heteroatoms. The first-order valence-corrected chi connectivity index (χ1v) is 20.1. The van der Waals surface area contributed by atoms with Crippen LogP contribution in [0.15, 0.2) is 192 Å². The van der Waals surface area contributed by atoms with Gasteiger partial charge >= 0.3 is 15.6 Å². The average molecular weight is 801 g/mol. The maximum atomic E-state index is 13.1. The first-order valence-electron chi connectivity index (χ1n) is 18.7. The topological polar surface area (TPSA) is 64.7 Å². The van der Waals surface area contributed by atoms with E-state index in [0.717, 1.165) is 83.1 Å². The fourth-order valence-electron chi connectivity index (χ4n) is 7.85. The molecule has 2 heterocycles. The van der Waals surface area contributed by atoms with Gasteiger partial charge in [-0.3, -0.25) is 0 Å². The predicted octanol–water partition coefficient (Wildman–Crippen LogP) is 13.7. The van der Waals surface area contributed by atoms with E-state index in [4.69, 9.17) is 4.42 Å². The van der Waals surface area contributed by atoms with Crippen LogP contribution < -0.4 is 9.08 Å².